The first-order chi connectivity index (χ1) is 13.5. The van der Waals surface area contributed by atoms with Gasteiger partial charge in [0.05, 0.1) is 29.7 Å². The molecule has 7 nitrogen and oxygen atoms in total. The Kier molecular flexibility index (Phi) is 5.70. The fraction of sp³-hybridized carbons (Fsp3) is 0.238. The third-order valence-corrected chi connectivity index (χ3v) is 4.47. The van der Waals surface area contributed by atoms with Crippen molar-refractivity contribution in [3.8, 4) is 6.07 Å². The van der Waals surface area contributed by atoms with E-state index in [0.717, 1.165) is 0 Å². The van der Waals surface area contributed by atoms with Crippen LogP contribution in [0.25, 0.3) is 0 Å². The second-order valence-electron chi connectivity index (χ2n) is 6.35. The second-order valence-corrected chi connectivity index (χ2v) is 6.35. The van der Waals surface area contributed by atoms with Crippen LogP contribution in [0.2, 0.25) is 0 Å². The average molecular weight is 377 g/mol. The first kappa shape index (κ1) is 19.1. The Morgan fingerprint density at radius 1 is 1.18 bits per heavy atom. The Bertz CT molecular complexity index is 930. The largest absolute Gasteiger partial charge is 0.462 e. The van der Waals surface area contributed by atoms with Gasteiger partial charge in [-0.15, -0.1) is 0 Å². The van der Waals surface area contributed by atoms with E-state index in [9.17, 15) is 14.4 Å². The highest BCUT2D eigenvalue weighted by Gasteiger charge is 2.35. The molecule has 0 aliphatic carbocycles. The van der Waals surface area contributed by atoms with Gasteiger partial charge in [-0.2, -0.15) is 5.26 Å². The summed E-state index contributed by atoms with van der Waals surface area (Å²) in [6, 6.07) is 15.1. The minimum Gasteiger partial charge on any atom is -0.462 e. The number of nitriles is 1. The number of carbonyl (C=O) groups excluding carboxylic acids is 3. The second kappa shape index (κ2) is 8.35. The fourth-order valence-corrected chi connectivity index (χ4v) is 3.00. The lowest BCUT2D eigenvalue weighted by atomic mass is 10.1. The molecule has 1 heterocycles. The van der Waals surface area contributed by atoms with Crippen LogP contribution in [0.1, 0.15) is 29.3 Å². The zero-order valence-electron chi connectivity index (χ0n) is 15.3. The van der Waals surface area contributed by atoms with E-state index in [1.165, 1.54) is 0 Å². The quantitative estimate of drug-likeness (QED) is 0.808. The number of carbonyl (C=O) groups is 3. The molecule has 2 aromatic carbocycles. The molecule has 0 radical (unpaired) electrons. The molecule has 3 rings (SSSR count). The molecule has 142 valence electrons. The van der Waals surface area contributed by atoms with Crippen molar-refractivity contribution in [3.63, 3.8) is 0 Å². The molecule has 1 unspecified atom stereocenters. The first-order valence-corrected chi connectivity index (χ1v) is 8.90. The van der Waals surface area contributed by atoms with Gasteiger partial charge in [0, 0.05) is 24.3 Å². The lowest BCUT2D eigenvalue weighted by molar-refractivity contribution is -0.122. The van der Waals surface area contributed by atoms with Crippen LogP contribution in [0.5, 0.6) is 0 Å². The number of hydrogen-bond acceptors (Lipinski definition) is 5. The molecule has 1 N–H and O–H groups in total. The van der Waals surface area contributed by atoms with Crippen LogP contribution in [0.4, 0.5) is 11.4 Å². The maximum atomic E-state index is 12.5. The Hall–Kier alpha value is -3.66. The molecule has 0 spiro atoms. The van der Waals surface area contributed by atoms with Crippen molar-refractivity contribution in [2.24, 2.45) is 5.92 Å². The number of nitrogens with one attached hydrogen (secondary N) is 1. The van der Waals surface area contributed by atoms with E-state index in [-0.39, 0.29) is 24.8 Å². The number of esters is 1. The van der Waals surface area contributed by atoms with E-state index in [2.05, 4.69) is 5.32 Å². The minimum atomic E-state index is -0.479. The Morgan fingerprint density at radius 3 is 2.46 bits per heavy atom. The number of amides is 2. The highest BCUT2D eigenvalue weighted by atomic mass is 16.5. The molecule has 28 heavy (non-hydrogen) atoms. The molecule has 1 atom stereocenters. The first-order valence-electron chi connectivity index (χ1n) is 8.90. The summed E-state index contributed by atoms with van der Waals surface area (Å²) in [5.41, 5.74) is 2.12. The van der Waals surface area contributed by atoms with Crippen LogP contribution in [0, 0.1) is 17.2 Å². The van der Waals surface area contributed by atoms with Gasteiger partial charge in [-0.3, -0.25) is 9.59 Å². The number of hydrogen-bond donors (Lipinski definition) is 1. The smallest absolute Gasteiger partial charge is 0.338 e. The van der Waals surface area contributed by atoms with Gasteiger partial charge in [-0.1, -0.05) is 0 Å². The molecule has 0 bridgehead atoms. The van der Waals surface area contributed by atoms with E-state index in [1.54, 1.807) is 60.4 Å². The predicted molar refractivity (Wildman–Crippen MR) is 103 cm³/mol. The number of anilines is 2. The van der Waals surface area contributed by atoms with Crippen molar-refractivity contribution < 1.29 is 19.1 Å². The van der Waals surface area contributed by atoms with Crippen LogP contribution in [0.15, 0.2) is 48.5 Å². The van der Waals surface area contributed by atoms with Gasteiger partial charge in [-0.25, -0.2) is 4.79 Å². The monoisotopic (exact) mass is 377 g/mol. The van der Waals surface area contributed by atoms with Crippen LogP contribution >= 0.6 is 0 Å². The zero-order chi connectivity index (χ0) is 20.1. The van der Waals surface area contributed by atoms with Crippen LogP contribution in [-0.4, -0.2) is 30.9 Å². The van der Waals surface area contributed by atoms with Crippen molar-refractivity contribution in [2.45, 2.75) is 13.3 Å². The van der Waals surface area contributed by atoms with Gasteiger partial charge in [-0.05, 0) is 55.5 Å². The van der Waals surface area contributed by atoms with Gasteiger partial charge in [0.1, 0.15) is 0 Å². The maximum absolute atomic E-state index is 12.5. The molecule has 1 aliphatic rings. The SMILES string of the molecule is CCOC(=O)c1ccc(NC(=O)C2CC(=O)N(c3ccc(C#N)cc3)C2)cc1. The molecule has 2 aromatic rings. The summed E-state index contributed by atoms with van der Waals surface area (Å²) in [6.45, 7) is 2.30. The molecular weight excluding hydrogens is 358 g/mol. The van der Waals surface area contributed by atoms with Crippen molar-refractivity contribution in [1.29, 1.82) is 5.26 Å². The van der Waals surface area contributed by atoms with Crippen molar-refractivity contribution in [3.05, 3.63) is 59.7 Å². The van der Waals surface area contributed by atoms with Crippen molar-refractivity contribution in [2.75, 3.05) is 23.4 Å². The van der Waals surface area contributed by atoms with Gasteiger partial charge in [0.2, 0.25) is 11.8 Å². The van der Waals surface area contributed by atoms with Crippen LogP contribution < -0.4 is 10.2 Å². The molecular formula is C21H19N3O4. The summed E-state index contributed by atoms with van der Waals surface area (Å²) in [7, 11) is 0. The van der Waals surface area contributed by atoms with E-state index < -0.39 is 11.9 Å². The topological polar surface area (TPSA) is 99.5 Å². The highest BCUT2D eigenvalue weighted by Crippen LogP contribution is 2.26. The Balaban J connectivity index is 1.63. The molecule has 0 saturated carbocycles. The molecule has 1 aliphatic heterocycles. The summed E-state index contributed by atoms with van der Waals surface area (Å²) in [5, 5.41) is 11.6. The lowest BCUT2D eigenvalue weighted by Gasteiger charge is -2.16. The summed E-state index contributed by atoms with van der Waals surface area (Å²) < 4.78 is 4.92. The predicted octanol–water partition coefficient (Wildman–Crippen LogP) is 2.73. The normalized spacial score (nSPS) is 15.8. The number of ether oxygens (including phenoxy) is 1. The van der Waals surface area contributed by atoms with Crippen LogP contribution in [-0.2, 0) is 14.3 Å². The molecule has 7 heteroatoms. The summed E-state index contributed by atoms with van der Waals surface area (Å²) in [5.74, 6) is -1.29. The Labute approximate surface area is 162 Å². The fourth-order valence-electron chi connectivity index (χ4n) is 3.00. The third-order valence-electron chi connectivity index (χ3n) is 4.47. The minimum absolute atomic E-state index is 0.118. The van der Waals surface area contributed by atoms with Gasteiger partial charge in [0.25, 0.3) is 0 Å². The summed E-state index contributed by atoms with van der Waals surface area (Å²) in [6.07, 6.45) is 0.118. The lowest BCUT2D eigenvalue weighted by Crippen LogP contribution is -2.28. The summed E-state index contributed by atoms with van der Waals surface area (Å²) >= 11 is 0. The average Bonchev–Trinajstić information content (AvgIpc) is 3.10. The van der Waals surface area contributed by atoms with Gasteiger partial charge in [0.15, 0.2) is 0 Å². The van der Waals surface area contributed by atoms with Gasteiger partial charge < -0.3 is 15.0 Å². The Morgan fingerprint density at radius 2 is 1.86 bits per heavy atom. The molecule has 0 aromatic heterocycles. The highest BCUT2D eigenvalue weighted by molar-refractivity contribution is 6.03. The standard InChI is InChI=1S/C21H19N3O4/c1-2-28-21(27)15-5-7-17(8-6-15)23-20(26)16-11-19(25)24(13-16)18-9-3-14(12-22)4-10-18/h3-10,16H,2,11,13H2,1H3,(H,23,26). The molecule has 1 fully saturated rings. The van der Waals surface area contributed by atoms with Crippen molar-refractivity contribution >= 4 is 29.2 Å². The van der Waals surface area contributed by atoms with Crippen LogP contribution in [0.3, 0.4) is 0 Å². The number of nitrogens with zero attached hydrogens (tertiary/aromatic N) is 2. The zero-order valence-corrected chi connectivity index (χ0v) is 15.3. The van der Waals surface area contributed by atoms with E-state index >= 15 is 0 Å². The number of rotatable bonds is 5. The van der Waals surface area contributed by atoms with E-state index in [0.29, 0.717) is 29.1 Å². The van der Waals surface area contributed by atoms with Gasteiger partial charge >= 0.3 is 5.97 Å². The van der Waals surface area contributed by atoms with E-state index in [4.69, 9.17) is 10.00 Å². The molecule has 2 amide bonds. The van der Waals surface area contributed by atoms with E-state index in [1.807, 2.05) is 6.07 Å². The summed E-state index contributed by atoms with van der Waals surface area (Å²) in [4.78, 5) is 38.1. The van der Waals surface area contributed by atoms with Crippen molar-refractivity contribution in [1.82, 2.24) is 0 Å². The molecule has 1 saturated heterocycles. The third kappa shape index (κ3) is 4.18. The maximum Gasteiger partial charge on any atom is 0.338 e. The number of benzene rings is 2.